The van der Waals surface area contributed by atoms with Crippen LogP contribution in [0.3, 0.4) is 0 Å². The first-order valence-corrected chi connectivity index (χ1v) is 14.4. The van der Waals surface area contributed by atoms with E-state index in [9.17, 15) is 9.90 Å². The van der Waals surface area contributed by atoms with Crippen LogP contribution in [0.2, 0.25) is 0 Å². The lowest BCUT2D eigenvalue weighted by Gasteiger charge is -2.29. The highest BCUT2D eigenvalue weighted by atomic mass is 16.6. The predicted molar refractivity (Wildman–Crippen MR) is 150 cm³/mol. The molecule has 0 radical (unpaired) electrons. The third-order valence-electron chi connectivity index (χ3n) is 7.75. The molecule has 37 heavy (non-hydrogen) atoms. The molecule has 0 amide bonds. The average molecular weight is 515 g/mol. The third-order valence-corrected chi connectivity index (χ3v) is 7.75. The van der Waals surface area contributed by atoms with Gasteiger partial charge < -0.3 is 19.7 Å². The van der Waals surface area contributed by atoms with Crippen molar-refractivity contribution in [3.8, 4) is 0 Å². The molecule has 5 heteroatoms. The van der Waals surface area contributed by atoms with Gasteiger partial charge in [-0.1, -0.05) is 70.0 Å². The Bertz CT molecular complexity index is 807. The second kappa shape index (κ2) is 17.5. The third kappa shape index (κ3) is 11.5. The van der Waals surface area contributed by atoms with Crippen molar-refractivity contribution in [3.63, 3.8) is 0 Å². The highest BCUT2D eigenvalue weighted by Crippen LogP contribution is 2.38. The zero-order valence-electron chi connectivity index (χ0n) is 23.3. The molecule has 5 nitrogen and oxygen atoms in total. The molecule has 0 heterocycles. The highest BCUT2D eigenvalue weighted by molar-refractivity contribution is 5.86. The van der Waals surface area contributed by atoms with Crippen LogP contribution in [0.1, 0.15) is 114 Å². The van der Waals surface area contributed by atoms with Crippen LogP contribution in [0.25, 0.3) is 0 Å². The molecule has 1 aliphatic carbocycles. The highest BCUT2D eigenvalue weighted by Gasteiger charge is 2.22. The quantitative estimate of drug-likeness (QED) is 0.0713. The molecule has 0 spiro atoms. The zero-order valence-corrected chi connectivity index (χ0v) is 23.3. The van der Waals surface area contributed by atoms with Gasteiger partial charge in [-0.3, -0.25) is 0 Å². The van der Waals surface area contributed by atoms with E-state index >= 15 is 0 Å². The normalized spacial score (nSPS) is 19.2. The van der Waals surface area contributed by atoms with Gasteiger partial charge in [0.15, 0.2) is 6.29 Å². The minimum atomic E-state index is -1.13. The maximum absolute atomic E-state index is 11.7. The summed E-state index contributed by atoms with van der Waals surface area (Å²) in [4.78, 5) is 11.7. The van der Waals surface area contributed by atoms with Crippen molar-refractivity contribution in [2.24, 2.45) is 5.92 Å². The van der Waals surface area contributed by atoms with Crippen molar-refractivity contribution < 1.29 is 24.5 Å². The van der Waals surface area contributed by atoms with Crippen LogP contribution in [-0.2, 0) is 14.3 Å². The summed E-state index contributed by atoms with van der Waals surface area (Å²) in [5, 5.41) is 18.9. The summed E-state index contributed by atoms with van der Waals surface area (Å²) in [6.45, 7) is 11.7. The Kier molecular flexibility index (Phi) is 14.8. The number of hydrogen-bond acceptors (Lipinski definition) is 5. The van der Waals surface area contributed by atoms with Gasteiger partial charge in [0.25, 0.3) is 0 Å². The molecule has 208 valence electrons. The fourth-order valence-electron chi connectivity index (χ4n) is 5.32. The molecule has 2 rings (SSSR count). The number of carbonyl (C=O) groups excluding carboxylic acids is 1. The van der Waals surface area contributed by atoms with E-state index in [0.29, 0.717) is 30.6 Å². The Hall–Kier alpha value is -1.95. The standard InChI is InChI=1S/C32H50O5/c1-5-6-7-10-26-13-15-28(16-14-26)30-19-17-29(18-20-30)27(11-8-21-36-31(34)24(2)3)12-9-22-37-32(35)25(4)23-33/h17-20,26-28,32-33,35H,2,4-16,21-23H2,1,3H3. The monoisotopic (exact) mass is 514 g/mol. The molecule has 0 bridgehead atoms. The predicted octanol–water partition coefficient (Wildman–Crippen LogP) is 7.19. The summed E-state index contributed by atoms with van der Waals surface area (Å²) in [5.41, 5.74) is 3.44. The summed E-state index contributed by atoms with van der Waals surface area (Å²) >= 11 is 0. The van der Waals surface area contributed by atoms with Gasteiger partial charge >= 0.3 is 5.97 Å². The van der Waals surface area contributed by atoms with Gasteiger partial charge in [-0.25, -0.2) is 4.79 Å². The van der Waals surface area contributed by atoms with E-state index in [0.717, 1.165) is 31.6 Å². The van der Waals surface area contributed by atoms with Crippen LogP contribution >= 0.6 is 0 Å². The molecule has 0 saturated heterocycles. The number of carbonyl (C=O) groups is 1. The first-order valence-electron chi connectivity index (χ1n) is 14.4. The Morgan fingerprint density at radius 2 is 1.65 bits per heavy atom. The van der Waals surface area contributed by atoms with Crippen LogP contribution in [0.15, 0.2) is 48.6 Å². The Labute approximate surface area is 225 Å². The zero-order chi connectivity index (χ0) is 27.0. The Balaban J connectivity index is 1.90. The Morgan fingerprint density at radius 1 is 1.00 bits per heavy atom. The van der Waals surface area contributed by atoms with Crippen LogP contribution < -0.4 is 0 Å². The summed E-state index contributed by atoms with van der Waals surface area (Å²) in [6, 6.07) is 9.18. The number of ether oxygens (including phenoxy) is 2. The number of aliphatic hydroxyl groups is 2. The molecular formula is C32H50O5. The average Bonchev–Trinajstić information content (AvgIpc) is 2.92. The second-order valence-corrected chi connectivity index (χ2v) is 10.8. The Morgan fingerprint density at radius 3 is 2.24 bits per heavy atom. The van der Waals surface area contributed by atoms with Gasteiger partial charge in [0.05, 0.1) is 19.8 Å². The van der Waals surface area contributed by atoms with E-state index < -0.39 is 6.29 Å². The van der Waals surface area contributed by atoms with Crippen molar-refractivity contribution in [1.29, 1.82) is 0 Å². The molecule has 2 N–H and O–H groups in total. The summed E-state index contributed by atoms with van der Waals surface area (Å²) in [7, 11) is 0. The maximum atomic E-state index is 11.7. The van der Waals surface area contributed by atoms with Gasteiger partial charge in [-0.05, 0) is 87.2 Å². The lowest BCUT2D eigenvalue weighted by atomic mass is 9.76. The number of rotatable bonds is 18. The van der Waals surface area contributed by atoms with E-state index in [1.807, 2.05) is 0 Å². The number of benzene rings is 1. The first kappa shape index (κ1) is 31.3. The van der Waals surface area contributed by atoms with E-state index in [-0.39, 0.29) is 18.1 Å². The summed E-state index contributed by atoms with van der Waals surface area (Å²) in [5.74, 6) is 1.56. The van der Waals surface area contributed by atoms with E-state index in [2.05, 4.69) is 44.3 Å². The molecule has 2 atom stereocenters. The van der Waals surface area contributed by atoms with Gasteiger partial charge in [0, 0.05) is 11.1 Å². The van der Waals surface area contributed by atoms with Crippen molar-refractivity contribution in [3.05, 3.63) is 59.7 Å². The maximum Gasteiger partial charge on any atom is 0.333 e. The first-order chi connectivity index (χ1) is 17.8. The number of unbranched alkanes of at least 4 members (excludes halogenated alkanes) is 2. The lowest BCUT2D eigenvalue weighted by molar-refractivity contribution is -0.139. The van der Waals surface area contributed by atoms with E-state index in [4.69, 9.17) is 14.6 Å². The van der Waals surface area contributed by atoms with Crippen LogP contribution in [0.5, 0.6) is 0 Å². The van der Waals surface area contributed by atoms with Gasteiger partial charge in [-0.2, -0.15) is 0 Å². The lowest BCUT2D eigenvalue weighted by Crippen LogP contribution is -2.17. The van der Waals surface area contributed by atoms with Gasteiger partial charge in [0.2, 0.25) is 0 Å². The SMILES string of the molecule is C=C(C)C(=O)OCCCC(CCCOC(O)C(=C)CO)c1ccc(C2CCC(CCCCC)CC2)cc1. The van der Waals surface area contributed by atoms with Crippen molar-refractivity contribution in [1.82, 2.24) is 0 Å². The van der Waals surface area contributed by atoms with Crippen molar-refractivity contribution in [2.45, 2.75) is 109 Å². The summed E-state index contributed by atoms with van der Waals surface area (Å²) < 4.78 is 10.7. The largest absolute Gasteiger partial charge is 0.462 e. The molecule has 1 saturated carbocycles. The minimum Gasteiger partial charge on any atom is -0.462 e. The van der Waals surface area contributed by atoms with Crippen LogP contribution in [0.4, 0.5) is 0 Å². The van der Waals surface area contributed by atoms with Gasteiger partial charge in [0.1, 0.15) is 0 Å². The number of aliphatic hydroxyl groups excluding tert-OH is 2. The molecule has 1 fully saturated rings. The number of hydrogen-bond donors (Lipinski definition) is 2. The topological polar surface area (TPSA) is 76.0 Å². The molecule has 1 aromatic rings. The van der Waals surface area contributed by atoms with Crippen LogP contribution in [-0.4, -0.2) is 42.3 Å². The fraction of sp³-hybridized carbons (Fsp3) is 0.656. The van der Waals surface area contributed by atoms with Gasteiger partial charge in [-0.15, -0.1) is 0 Å². The second-order valence-electron chi connectivity index (χ2n) is 10.8. The summed E-state index contributed by atoms with van der Waals surface area (Å²) in [6.07, 6.45) is 13.0. The molecular weight excluding hydrogens is 464 g/mol. The molecule has 0 aliphatic heterocycles. The van der Waals surface area contributed by atoms with E-state index in [1.54, 1.807) is 6.92 Å². The van der Waals surface area contributed by atoms with Crippen molar-refractivity contribution in [2.75, 3.05) is 19.8 Å². The molecule has 1 aromatic carbocycles. The molecule has 0 aromatic heterocycles. The van der Waals surface area contributed by atoms with E-state index in [1.165, 1.54) is 62.5 Å². The van der Waals surface area contributed by atoms with Crippen molar-refractivity contribution >= 4 is 5.97 Å². The number of esters is 1. The smallest absolute Gasteiger partial charge is 0.333 e. The minimum absolute atomic E-state index is 0.265. The van der Waals surface area contributed by atoms with Crippen LogP contribution in [0, 0.1) is 5.92 Å². The molecule has 2 unspecified atom stereocenters. The fourth-order valence-corrected chi connectivity index (χ4v) is 5.32. The molecule has 1 aliphatic rings.